The van der Waals surface area contributed by atoms with Crippen molar-refractivity contribution in [1.82, 2.24) is 4.98 Å². The van der Waals surface area contributed by atoms with Crippen molar-refractivity contribution in [2.45, 2.75) is 12.8 Å². The van der Waals surface area contributed by atoms with Crippen molar-refractivity contribution in [2.75, 3.05) is 7.11 Å². The van der Waals surface area contributed by atoms with Gasteiger partial charge in [-0.25, -0.2) is 0 Å². The second-order valence-corrected chi connectivity index (χ2v) is 6.23. The summed E-state index contributed by atoms with van der Waals surface area (Å²) in [6.07, 6.45) is 0. The average Bonchev–Trinajstić information content (AvgIpc) is 2.53. The van der Waals surface area contributed by atoms with E-state index < -0.39 is 5.92 Å². The van der Waals surface area contributed by atoms with E-state index in [0.717, 1.165) is 10.0 Å². The topological polar surface area (TPSA) is 101 Å². The van der Waals surface area contributed by atoms with Crippen LogP contribution in [0.25, 0.3) is 0 Å². The van der Waals surface area contributed by atoms with Crippen molar-refractivity contribution in [2.24, 2.45) is 5.73 Å². The third-order valence-corrected chi connectivity index (χ3v) is 4.48. The van der Waals surface area contributed by atoms with Gasteiger partial charge in [-0.3, -0.25) is 4.79 Å². The Hall–Kier alpha value is -2.72. The quantitative estimate of drug-likeness (QED) is 0.824. The average molecular weight is 388 g/mol. The van der Waals surface area contributed by atoms with Gasteiger partial charge in [0.1, 0.15) is 23.1 Å². The molecule has 1 aromatic heterocycles. The molecule has 2 aromatic rings. The lowest BCUT2D eigenvalue weighted by Gasteiger charge is -2.26. The molecule has 0 amide bonds. The molecular weight excluding hydrogens is 374 g/mol. The molecular formula is C17H14BrN3O3. The Morgan fingerprint density at radius 2 is 2.17 bits per heavy atom. The van der Waals surface area contributed by atoms with Crippen molar-refractivity contribution in [3.63, 3.8) is 0 Å². The fraction of sp³-hybridized carbons (Fsp3) is 0.176. The van der Waals surface area contributed by atoms with Crippen molar-refractivity contribution < 1.29 is 9.47 Å². The molecule has 0 aliphatic carbocycles. The first-order valence-corrected chi connectivity index (χ1v) is 7.90. The Labute approximate surface area is 146 Å². The number of hydrogen-bond donors (Lipinski definition) is 2. The molecule has 1 atom stereocenters. The Kier molecular flexibility index (Phi) is 4.08. The first-order chi connectivity index (χ1) is 11.5. The third-order valence-electron chi connectivity index (χ3n) is 3.86. The third kappa shape index (κ3) is 2.55. The van der Waals surface area contributed by atoms with Gasteiger partial charge in [0.25, 0.3) is 5.56 Å². The summed E-state index contributed by atoms with van der Waals surface area (Å²) in [6.45, 7) is 1.75. The molecule has 0 spiro atoms. The van der Waals surface area contributed by atoms with Gasteiger partial charge in [0.05, 0.1) is 23.1 Å². The molecule has 0 saturated carbocycles. The maximum atomic E-state index is 12.5. The summed E-state index contributed by atoms with van der Waals surface area (Å²) in [7, 11) is 1.57. The highest BCUT2D eigenvalue weighted by Crippen LogP contribution is 2.41. The van der Waals surface area contributed by atoms with Crippen LogP contribution in [0.3, 0.4) is 0 Å². The number of halogens is 1. The Bertz CT molecular complexity index is 957. The molecule has 3 N–H and O–H groups in total. The summed E-state index contributed by atoms with van der Waals surface area (Å²) >= 11 is 3.43. The van der Waals surface area contributed by atoms with E-state index in [9.17, 15) is 10.1 Å². The zero-order chi connectivity index (χ0) is 17.4. The number of aryl methyl sites for hydroxylation is 1. The molecule has 0 fully saturated rings. The summed E-state index contributed by atoms with van der Waals surface area (Å²) in [5.74, 6) is 0.418. The maximum Gasteiger partial charge on any atom is 0.256 e. The van der Waals surface area contributed by atoms with Gasteiger partial charge in [-0.05, 0) is 40.5 Å². The van der Waals surface area contributed by atoms with Crippen LogP contribution >= 0.6 is 15.9 Å². The summed E-state index contributed by atoms with van der Waals surface area (Å²) in [5, 5.41) is 9.52. The van der Waals surface area contributed by atoms with Crippen LogP contribution in [0.1, 0.15) is 22.7 Å². The van der Waals surface area contributed by atoms with Crippen LogP contribution in [-0.4, -0.2) is 12.1 Å². The number of nitrogens with one attached hydrogen (secondary N) is 1. The number of nitrogens with two attached hydrogens (primary N) is 1. The number of H-pyrrole nitrogens is 1. The number of nitrogens with zero attached hydrogens (tertiary/aromatic N) is 1. The lowest BCUT2D eigenvalue weighted by atomic mass is 9.84. The standard InChI is InChI=1S/C17H14BrN3O3/c1-8-5-13-15(17(22)21-8)14(10(7-19)16(20)24-13)9-3-4-12(23-2)11(18)6-9/h3-6,14H,20H2,1-2H3,(H,21,22)/t14-/m0/s1. The van der Waals surface area contributed by atoms with E-state index in [0.29, 0.717) is 22.8 Å². The maximum absolute atomic E-state index is 12.5. The van der Waals surface area contributed by atoms with Gasteiger partial charge >= 0.3 is 0 Å². The molecule has 3 rings (SSSR count). The molecule has 122 valence electrons. The predicted molar refractivity (Wildman–Crippen MR) is 91.8 cm³/mol. The minimum Gasteiger partial charge on any atom is -0.496 e. The zero-order valence-electron chi connectivity index (χ0n) is 13.0. The van der Waals surface area contributed by atoms with Crippen LogP contribution in [0.5, 0.6) is 11.5 Å². The lowest BCUT2D eigenvalue weighted by Crippen LogP contribution is -2.28. The highest BCUT2D eigenvalue weighted by Gasteiger charge is 2.33. The number of allylic oxidation sites excluding steroid dienone is 1. The van der Waals surface area contributed by atoms with Gasteiger partial charge in [0.15, 0.2) is 0 Å². The number of hydrogen-bond acceptors (Lipinski definition) is 5. The number of fused-ring (bicyclic) bond motifs is 1. The number of methoxy groups -OCH3 is 1. The number of pyridine rings is 1. The van der Waals surface area contributed by atoms with Gasteiger partial charge in [-0.15, -0.1) is 0 Å². The Morgan fingerprint density at radius 1 is 1.42 bits per heavy atom. The zero-order valence-corrected chi connectivity index (χ0v) is 14.6. The van der Waals surface area contributed by atoms with E-state index in [1.807, 2.05) is 6.07 Å². The summed E-state index contributed by atoms with van der Waals surface area (Å²) in [4.78, 5) is 15.2. The van der Waals surface area contributed by atoms with E-state index in [4.69, 9.17) is 15.2 Å². The van der Waals surface area contributed by atoms with E-state index in [-0.39, 0.29) is 17.0 Å². The number of benzene rings is 1. The van der Waals surface area contributed by atoms with Crippen molar-refractivity contribution in [1.29, 1.82) is 5.26 Å². The Balaban J connectivity index is 2.28. The number of aromatic amines is 1. The first kappa shape index (κ1) is 16.1. The van der Waals surface area contributed by atoms with E-state index >= 15 is 0 Å². The molecule has 0 saturated heterocycles. The fourth-order valence-corrected chi connectivity index (χ4v) is 3.36. The second-order valence-electron chi connectivity index (χ2n) is 5.38. The molecule has 1 aromatic carbocycles. The minimum atomic E-state index is -0.606. The second kappa shape index (κ2) is 6.06. The Morgan fingerprint density at radius 3 is 2.79 bits per heavy atom. The molecule has 7 heteroatoms. The predicted octanol–water partition coefficient (Wildman–Crippen LogP) is 2.67. The normalized spacial score (nSPS) is 16.2. The highest BCUT2D eigenvalue weighted by atomic mass is 79.9. The van der Waals surface area contributed by atoms with Crippen LogP contribution < -0.4 is 20.8 Å². The fourth-order valence-electron chi connectivity index (χ4n) is 2.80. The van der Waals surface area contributed by atoms with Crippen LogP contribution in [0.4, 0.5) is 0 Å². The smallest absolute Gasteiger partial charge is 0.256 e. The summed E-state index contributed by atoms with van der Waals surface area (Å²) in [6, 6.07) is 9.13. The first-order valence-electron chi connectivity index (χ1n) is 7.11. The van der Waals surface area contributed by atoms with Crippen LogP contribution in [0.2, 0.25) is 0 Å². The molecule has 2 heterocycles. The number of aromatic nitrogens is 1. The lowest BCUT2D eigenvalue weighted by molar-refractivity contribution is 0.391. The van der Waals surface area contributed by atoms with Gasteiger partial charge in [-0.2, -0.15) is 5.26 Å². The van der Waals surface area contributed by atoms with Crippen LogP contribution in [0.15, 0.2) is 45.0 Å². The van der Waals surface area contributed by atoms with Gasteiger partial charge < -0.3 is 20.2 Å². The number of nitriles is 1. The van der Waals surface area contributed by atoms with E-state index in [2.05, 4.69) is 27.0 Å². The number of rotatable bonds is 2. The largest absolute Gasteiger partial charge is 0.496 e. The molecule has 24 heavy (non-hydrogen) atoms. The molecule has 0 radical (unpaired) electrons. The molecule has 0 unspecified atom stereocenters. The van der Waals surface area contributed by atoms with Crippen LogP contribution in [0, 0.1) is 18.3 Å². The SMILES string of the molecule is COc1ccc([C@H]2C(C#N)=C(N)Oc3cc(C)[nH]c(=O)c32)cc1Br. The highest BCUT2D eigenvalue weighted by molar-refractivity contribution is 9.10. The van der Waals surface area contributed by atoms with Crippen molar-refractivity contribution in [3.05, 3.63) is 67.4 Å². The van der Waals surface area contributed by atoms with E-state index in [1.165, 1.54) is 0 Å². The van der Waals surface area contributed by atoms with Gasteiger partial charge in [-0.1, -0.05) is 6.07 Å². The van der Waals surface area contributed by atoms with Gasteiger partial charge in [0, 0.05) is 11.8 Å². The van der Waals surface area contributed by atoms with Crippen molar-refractivity contribution in [3.8, 4) is 17.6 Å². The molecule has 6 nitrogen and oxygen atoms in total. The molecule has 1 aliphatic heterocycles. The minimum absolute atomic E-state index is 0.00643. The van der Waals surface area contributed by atoms with E-state index in [1.54, 1.807) is 32.2 Å². The summed E-state index contributed by atoms with van der Waals surface area (Å²) in [5.41, 5.74) is 7.57. The number of ether oxygens (including phenoxy) is 2. The monoisotopic (exact) mass is 387 g/mol. The summed E-state index contributed by atoms with van der Waals surface area (Å²) < 4.78 is 11.4. The van der Waals surface area contributed by atoms with Gasteiger partial charge in [0.2, 0.25) is 5.88 Å². The van der Waals surface area contributed by atoms with Crippen LogP contribution in [-0.2, 0) is 0 Å². The van der Waals surface area contributed by atoms with Crippen molar-refractivity contribution >= 4 is 15.9 Å². The molecule has 0 bridgehead atoms. The molecule has 1 aliphatic rings.